The molecule has 0 amide bonds. The van der Waals surface area contributed by atoms with E-state index in [4.69, 9.17) is 18.6 Å². The van der Waals surface area contributed by atoms with Crippen LogP contribution in [0.3, 0.4) is 0 Å². The minimum atomic E-state index is -0.840. The van der Waals surface area contributed by atoms with Crippen LogP contribution in [0.4, 0.5) is 5.69 Å². The Balaban J connectivity index is 1.63. The van der Waals surface area contributed by atoms with Crippen LogP contribution in [0.2, 0.25) is 0 Å². The van der Waals surface area contributed by atoms with Gasteiger partial charge in [-0.2, -0.15) is 0 Å². The van der Waals surface area contributed by atoms with Gasteiger partial charge in [0.15, 0.2) is 16.3 Å². The van der Waals surface area contributed by atoms with Crippen LogP contribution in [0.1, 0.15) is 56.2 Å². The van der Waals surface area contributed by atoms with Gasteiger partial charge in [0.1, 0.15) is 11.5 Å². The second-order valence-electron chi connectivity index (χ2n) is 10.8. The monoisotopic (exact) mass is 631 g/mol. The average molecular weight is 632 g/mol. The lowest BCUT2D eigenvalue weighted by atomic mass is 9.95. The Hall–Kier alpha value is -4.97. The van der Waals surface area contributed by atoms with Gasteiger partial charge in [-0.1, -0.05) is 17.4 Å². The zero-order chi connectivity index (χ0) is 32.6. The smallest absolute Gasteiger partial charge is 0.338 e. The van der Waals surface area contributed by atoms with Crippen LogP contribution in [0.15, 0.2) is 67.9 Å². The van der Waals surface area contributed by atoms with Gasteiger partial charge in [-0.25, -0.2) is 9.79 Å². The molecule has 1 atom stereocenters. The number of thiazole rings is 1. The average Bonchev–Trinajstić information content (AvgIpc) is 3.57. The highest BCUT2D eigenvalue weighted by atomic mass is 32.1. The quantitative estimate of drug-likeness (QED) is 0.137. The highest BCUT2D eigenvalue weighted by Crippen LogP contribution is 2.37. The molecule has 2 aromatic heterocycles. The summed E-state index contributed by atoms with van der Waals surface area (Å²) in [6, 6.07) is 11.2. The fourth-order valence-electron chi connectivity index (χ4n) is 5.20. The molecule has 4 aromatic rings. The van der Waals surface area contributed by atoms with E-state index in [1.54, 1.807) is 64.1 Å². The zero-order valence-corrected chi connectivity index (χ0v) is 26.8. The van der Waals surface area contributed by atoms with Gasteiger partial charge in [-0.05, 0) is 83.0 Å². The minimum Gasteiger partial charge on any atom is -0.493 e. The summed E-state index contributed by atoms with van der Waals surface area (Å²) in [6.45, 7) is 10.9. The Morgan fingerprint density at radius 2 is 1.91 bits per heavy atom. The molecule has 5 rings (SSSR count). The number of fused-ring (bicyclic) bond motifs is 1. The maximum absolute atomic E-state index is 14.0. The molecule has 0 N–H and O–H groups in total. The summed E-state index contributed by atoms with van der Waals surface area (Å²) in [5, 5.41) is 11.6. The number of rotatable bonds is 9. The van der Waals surface area contributed by atoms with Gasteiger partial charge in [0.2, 0.25) is 0 Å². The maximum Gasteiger partial charge on any atom is 0.338 e. The Bertz CT molecular complexity index is 2030. The molecule has 0 bridgehead atoms. The summed E-state index contributed by atoms with van der Waals surface area (Å²) in [7, 11) is 1.53. The number of benzene rings is 2. The van der Waals surface area contributed by atoms with Gasteiger partial charge >= 0.3 is 5.97 Å². The molecule has 2 aromatic carbocycles. The van der Waals surface area contributed by atoms with E-state index in [1.807, 2.05) is 19.9 Å². The van der Waals surface area contributed by atoms with Crippen molar-refractivity contribution in [2.75, 3.05) is 13.7 Å². The molecule has 1 aliphatic heterocycles. The minimum absolute atomic E-state index is 0.00413. The molecule has 0 unspecified atom stereocenters. The van der Waals surface area contributed by atoms with Crippen molar-refractivity contribution < 1.29 is 28.3 Å². The molecule has 0 fully saturated rings. The molecule has 11 nitrogen and oxygen atoms in total. The van der Waals surface area contributed by atoms with Crippen LogP contribution < -0.4 is 24.4 Å². The first-order chi connectivity index (χ1) is 21.4. The fraction of sp³-hybridized carbons (Fsp3) is 0.303. The van der Waals surface area contributed by atoms with Gasteiger partial charge < -0.3 is 18.6 Å². The zero-order valence-electron chi connectivity index (χ0n) is 26.0. The number of hydrogen-bond acceptors (Lipinski definition) is 10. The molecular formula is C33H33N3O8S. The molecule has 45 heavy (non-hydrogen) atoms. The lowest BCUT2D eigenvalue weighted by molar-refractivity contribution is -0.385. The lowest BCUT2D eigenvalue weighted by Gasteiger charge is -2.25. The highest BCUT2D eigenvalue weighted by Gasteiger charge is 2.34. The van der Waals surface area contributed by atoms with Crippen LogP contribution in [-0.4, -0.2) is 35.3 Å². The Morgan fingerprint density at radius 1 is 1.16 bits per heavy atom. The third-order valence-corrected chi connectivity index (χ3v) is 8.39. The molecule has 234 valence electrons. The number of aromatic nitrogens is 1. The SMILES string of the molecule is CCOC(=O)C1=C(C)N=c2s/c(=C/c3ccc(-c4cc(C)c(C)c([N+](=O)[O-])c4)o3)c(=O)n2[C@H]1c1ccc(OC(C)C)c(OC)c1. The number of nitro benzene ring substituents is 1. The predicted octanol–water partition coefficient (Wildman–Crippen LogP) is 5.38. The van der Waals surface area contributed by atoms with Crippen molar-refractivity contribution in [1.82, 2.24) is 4.57 Å². The molecule has 0 radical (unpaired) electrons. The molecule has 12 heteroatoms. The molecule has 0 saturated carbocycles. The maximum atomic E-state index is 14.0. The number of carbonyl (C=O) groups excluding carboxylic acids is 1. The number of aryl methyl sites for hydroxylation is 1. The number of methoxy groups -OCH3 is 1. The number of allylic oxidation sites excluding steroid dienone is 1. The lowest BCUT2D eigenvalue weighted by Crippen LogP contribution is -2.40. The van der Waals surface area contributed by atoms with E-state index >= 15 is 0 Å². The van der Waals surface area contributed by atoms with Crippen molar-refractivity contribution in [2.45, 2.75) is 53.7 Å². The van der Waals surface area contributed by atoms with Crippen molar-refractivity contribution in [3.05, 3.63) is 106 Å². The van der Waals surface area contributed by atoms with E-state index in [-0.39, 0.29) is 29.5 Å². The van der Waals surface area contributed by atoms with Gasteiger partial charge in [-0.15, -0.1) is 0 Å². The Kier molecular flexibility index (Phi) is 8.78. The number of ether oxygens (including phenoxy) is 3. The first kappa shape index (κ1) is 31.5. The molecule has 0 aliphatic carbocycles. The Labute approximate surface area is 262 Å². The van der Waals surface area contributed by atoms with Crippen LogP contribution in [0.25, 0.3) is 17.4 Å². The number of nitro groups is 1. The molecule has 1 aliphatic rings. The molecule has 3 heterocycles. The Morgan fingerprint density at radius 3 is 2.58 bits per heavy atom. The van der Waals surface area contributed by atoms with Crippen molar-refractivity contribution >= 4 is 29.1 Å². The predicted molar refractivity (Wildman–Crippen MR) is 169 cm³/mol. The number of hydrogen-bond donors (Lipinski definition) is 0. The molecule has 0 spiro atoms. The summed E-state index contributed by atoms with van der Waals surface area (Å²) in [4.78, 5) is 43.4. The summed E-state index contributed by atoms with van der Waals surface area (Å²) < 4.78 is 24.7. The van der Waals surface area contributed by atoms with Gasteiger partial charge in [0, 0.05) is 23.3 Å². The van der Waals surface area contributed by atoms with Crippen LogP contribution in [0, 0.1) is 24.0 Å². The van der Waals surface area contributed by atoms with E-state index < -0.39 is 16.9 Å². The van der Waals surface area contributed by atoms with E-state index in [1.165, 1.54) is 17.7 Å². The van der Waals surface area contributed by atoms with E-state index in [0.29, 0.717) is 54.7 Å². The summed E-state index contributed by atoms with van der Waals surface area (Å²) >= 11 is 1.16. The molecule has 0 saturated heterocycles. The fourth-order valence-corrected chi connectivity index (χ4v) is 6.23. The molecular weight excluding hydrogens is 598 g/mol. The van der Waals surface area contributed by atoms with E-state index in [9.17, 15) is 19.7 Å². The third kappa shape index (κ3) is 6.05. The number of furan rings is 1. The van der Waals surface area contributed by atoms with Crippen LogP contribution in [0.5, 0.6) is 11.5 Å². The normalized spacial score (nSPS) is 14.8. The van der Waals surface area contributed by atoms with Crippen molar-refractivity contribution in [2.24, 2.45) is 4.99 Å². The van der Waals surface area contributed by atoms with Crippen molar-refractivity contribution in [3.8, 4) is 22.8 Å². The largest absolute Gasteiger partial charge is 0.493 e. The van der Waals surface area contributed by atoms with Gasteiger partial charge in [-0.3, -0.25) is 19.5 Å². The van der Waals surface area contributed by atoms with Crippen molar-refractivity contribution in [1.29, 1.82) is 0 Å². The topological polar surface area (TPSA) is 135 Å². The number of esters is 1. The first-order valence-electron chi connectivity index (χ1n) is 14.3. The van der Waals surface area contributed by atoms with Crippen LogP contribution >= 0.6 is 11.3 Å². The summed E-state index contributed by atoms with van der Waals surface area (Å²) in [5.74, 6) is 1.22. The summed E-state index contributed by atoms with van der Waals surface area (Å²) in [6.07, 6.45) is 1.51. The highest BCUT2D eigenvalue weighted by molar-refractivity contribution is 7.07. The third-order valence-electron chi connectivity index (χ3n) is 7.40. The van der Waals surface area contributed by atoms with Crippen molar-refractivity contribution in [3.63, 3.8) is 0 Å². The second-order valence-corrected chi connectivity index (χ2v) is 11.8. The number of carbonyl (C=O) groups is 1. The number of nitrogens with zero attached hydrogens (tertiary/aromatic N) is 3. The second kappa shape index (κ2) is 12.6. The first-order valence-corrected chi connectivity index (χ1v) is 15.1. The van der Waals surface area contributed by atoms with Gasteiger partial charge in [0.25, 0.3) is 11.2 Å². The standard InChI is InChI=1S/C33H33N3O8S/c1-8-42-32(38)29-20(6)34-33-35(30(29)21-9-11-26(43-17(2)3)27(15-21)41-7)31(37)28(45-33)16-23-10-12-25(44-23)22-13-18(4)19(5)24(14-22)36(39)40/h9-17,30H,8H2,1-7H3/b28-16+/t30-/m0/s1. The van der Waals surface area contributed by atoms with E-state index in [2.05, 4.69) is 4.99 Å². The van der Waals surface area contributed by atoms with Gasteiger partial charge in [0.05, 0.1) is 46.6 Å². The van der Waals surface area contributed by atoms with Crippen LogP contribution in [-0.2, 0) is 9.53 Å². The van der Waals surface area contributed by atoms with E-state index in [0.717, 1.165) is 16.9 Å². The summed E-state index contributed by atoms with van der Waals surface area (Å²) in [5.41, 5.74) is 2.83.